The van der Waals surface area contributed by atoms with Crippen LogP contribution in [0.3, 0.4) is 0 Å². The molecule has 2 aromatic rings. The van der Waals surface area contributed by atoms with Crippen molar-refractivity contribution in [1.82, 2.24) is 20.0 Å². The zero-order valence-electron chi connectivity index (χ0n) is 14.3. The molecule has 0 saturated carbocycles. The Kier molecular flexibility index (Phi) is 4.44. The minimum Gasteiger partial charge on any atom is -0.391 e. The highest BCUT2D eigenvalue weighted by Gasteiger charge is 2.25. The number of aliphatic hydroxyl groups excluding tert-OH is 1. The van der Waals surface area contributed by atoms with Gasteiger partial charge in [0.1, 0.15) is 0 Å². The molecule has 1 atom stereocenters. The van der Waals surface area contributed by atoms with Crippen molar-refractivity contribution in [2.45, 2.75) is 44.8 Å². The predicted octanol–water partition coefficient (Wildman–Crippen LogP) is 2.03. The number of rotatable bonds is 3. The van der Waals surface area contributed by atoms with Crippen LogP contribution in [0.25, 0.3) is 5.69 Å². The van der Waals surface area contributed by atoms with Crippen molar-refractivity contribution >= 4 is 6.03 Å². The number of aromatic nitrogens is 2. The van der Waals surface area contributed by atoms with E-state index in [-0.39, 0.29) is 6.03 Å². The first kappa shape index (κ1) is 16.1. The van der Waals surface area contributed by atoms with Crippen molar-refractivity contribution in [3.63, 3.8) is 0 Å². The summed E-state index contributed by atoms with van der Waals surface area (Å²) in [5.41, 5.74) is 4.58. The highest BCUT2D eigenvalue weighted by atomic mass is 16.3. The molecule has 2 N–H and O–H groups in total. The topological polar surface area (TPSA) is 70.4 Å². The summed E-state index contributed by atoms with van der Waals surface area (Å²) in [7, 11) is 0. The summed E-state index contributed by atoms with van der Waals surface area (Å²) in [5.74, 6) is 0. The molecular formula is C19H24N4O2. The third-order valence-corrected chi connectivity index (χ3v) is 5.10. The third kappa shape index (κ3) is 3.26. The molecule has 0 spiro atoms. The zero-order valence-corrected chi connectivity index (χ0v) is 14.3. The van der Waals surface area contributed by atoms with Gasteiger partial charge in [-0.15, -0.1) is 0 Å². The van der Waals surface area contributed by atoms with Gasteiger partial charge in [0.15, 0.2) is 0 Å². The van der Waals surface area contributed by atoms with E-state index < -0.39 is 6.10 Å². The number of hydrogen-bond donors (Lipinski definition) is 2. The molecule has 2 amide bonds. The molecule has 1 saturated heterocycles. The lowest BCUT2D eigenvalue weighted by Crippen LogP contribution is -2.46. The van der Waals surface area contributed by atoms with Gasteiger partial charge >= 0.3 is 6.03 Å². The van der Waals surface area contributed by atoms with E-state index in [9.17, 15) is 9.90 Å². The molecule has 132 valence electrons. The second-order valence-corrected chi connectivity index (χ2v) is 6.87. The number of hydrogen-bond acceptors (Lipinski definition) is 3. The van der Waals surface area contributed by atoms with Gasteiger partial charge in [0.05, 0.1) is 24.0 Å². The van der Waals surface area contributed by atoms with Crippen molar-refractivity contribution in [2.75, 3.05) is 13.1 Å². The molecule has 4 rings (SSSR count). The molecule has 6 heteroatoms. The fourth-order valence-corrected chi connectivity index (χ4v) is 3.85. The van der Waals surface area contributed by atoms with E-state index in [1.807, 2.05) is 22.9 Å². The molecule has 1 aliphatic carbocycles. The lowest BCUT2D eigenvalue weighted by molar-refractivity contribution is 0.0841. The molecular weight excluding hydrogens is 316 g/mol. The molecule has 0 radical (unpaired) electrons. The number of benzene rings is 1. The highest BCUT2D eigenvalue weighted by molar-refractivity contribution is 5.74. The SMILES string of the molecule is O=C(NCc1nn(-c2ccccc2)c2c1CCC2)N1CCCC(O)C1. The number of nitrogens with zero attached hydrogens (tertiary/aromatic N) is 3. The minimum atomic E-state index is -0.402. The Morgan fingerprint density at radius 3 is 2.88 bits per heavy atom. The maximum Gasteiger partial charge on any atom is 0.317 e. The lowest BCUT2D eigenvalue weighted by atomic mass is 10.1. The molecule has 1 fully saturated rings. The number of urea groups is 1. The van der Waals surface area contributed by atoms with Crippen LogP contribution in [0.2, 0.25) is 0 Å². The molecule has 25 heavy (non-hydrogen) atoms. The summed E-state index contributed by atoms with van der Waals surface area (Å²) in [5, 5.41) is 17.5. The van der Waals surface area contributed by atoms with Gasteiger partial charge in [-0.1, -0.05) is 18.2 Å². The molecule has 1 aromatic carbocycles. The Balaban J connectivity index is 1.49. The van der Waals surface area contributed by atoms with Gasteiger partial charge in [0, 0.05) is 18.8 Å². The average molecular weight is 340 g/mol. The first-order valence-corrected chi connectivity index (χ1v) is 9.08. The van der Waals surface area contributed by atoms with E-state index in [4.69, 9.17) is 5.10 Å². The largest absolute Gasteiger partial charge is 0.391 e. The van der Waals surface area contributed by atoms with Crippen molar-refractivity contribution in [3.05, 3.63) is 47.3 Å². The number of β-amino-alcohol motifs (C(OH)–C–C–N with tert-alkyl or cyclic N) is 1. The normalized spacial score (nSPS) is 19.7. The van der Waals surface area contributed by atoms with Crippen molar-refractivity contribution < 1.29 is 9.90 Å². The van der Waals surface area contributed by atoms with E-state index >= 15 is 0 Å². The number of carbonyl (C=O) groups is 1. The van der Waals surface area contributed by atoms with Gasteiger partial charge in [-0.05, 0) is 49.8 Å². The van der Waals surface area contributed by atoms with Crippen LogP contribution >= 0.6 is 0 Å². The van der Waals surface area contributed by atoms with Gasteiger partial charge in [-0.25, -0.2) is 9.48 Å². The van der Waals surface area contributed by atoms with Crippen molar-refractivity contribution in [1.29, 1.82) is 0 Å². The zero-order chi connectivity index (χ0) is 17.2. The fraction of sp³-hybridized carbons (Fsp3) is 0.474. The minimum absolute atomic E-state index is 0.111. The predicted molar refractivity (Wildman–Crippen MR) is 94.6 cm³/mol. The van der Waals surface area contributed by atoms with Crippen molar-refractivity contribution in [2.24, 2.45) is 0 Å². The monoisotopic (exact) mass is 340 g/mol. The number of aliphatic hydroxyl groups is 1. The number of likely N-dealkylation sites (tertiary alicyclic amines) is 1. The molecule has 1 aromatic heterocycles. The third-order valence-electron chi connectivity index (χ3n) is 5.10. The van der Waals surface area contributed by atoms with Crippen LogP contribution in [0, 0.1) is 0 Å². The molecule has 2 heterocycles. The van der Waals surface area contributed by atoms with E-state index in [0.717, 1.165) is 43.5 Å². The first-order valence-electron chi connectivity index (χ1n) is 9.08. The summed E-state index contributed by atoms with van der Waals surface area (Å²) in [6.07, 6.45) is 4.42. The van der Waals surface area contributed by atoms with Gasteiger partial charge < -0.3 is 15.3 Å². The van der Waals surface area contributed by atoms with Crippen LogP contribution in [0.5, 0.6) is 0 Å². The summed E-state index contributed by atoms with van der Waals surface area (Å²) >= 11 is 0. The van der Waals surface area contributed by atoms with Crippen LogP contribution in [-0.4, -0.2) is 45.0 Å². The summed E-state index contributed by atoms with van der Waals surface area (Å²) in [6, 6.07) is 10.0. The van der Waals surface area contributed by atoms with Crippen molar-refractivity contribution in [3.8, 4) is 5.69 Å². The Morgan fingerprint density at radius 2 is 2.08 bits per heavy atom. The van der Waals surface area contributed by atoms with Gasteiger partial charge in [-0.3, -0.25) is 0 Å². The van der Waals surface area contributed by atoms with Gasteiger partial charge in [-0.2, -0.15) is 5.10 Å². The number of para-hydroxylation sites is 1. The highest BCUT2D eigenvalue weighted by Crippen LogP contribution is 2.27. The Bertz CT molecular complexity index is 756. The molecule has 6 nitrogen and oxygen atoms in total. The number of fused-ring (bicyclic) bond motifs is 1. The van der Waals surface area contributed by atoms with E-state index in [0.29, 0.717) is 19.6 Å². The van der Waals surface area contributed by atoms with Gasteiger partial charge in [0.25, 0.3) is 0 Å². The lowest BCUT2D eigenvalue weighted by Gasteiger charge is -2.30. The average Bonchev–Trinajstić information content (AvgIpc) is 3.23. The van der Waals surface area contributed by atoms with E-state index in [2.05, 4.69) is 17.4 Å². The maximum atomic E-state index is 12.4. The molecule has 1 aliphatic heterocycles. The summed E-state index contributed by atoms with van der Waals surface area (Å²) < 4.78 is 2.02. The van der Waals surface area contributed by atoms with Crippen LogP contribution < -0.4 is 5.32 Å². The summed E-state index contributed by atoms with van der Waals surface area (Å²) in [6.45, 7) is 1.56. The second kappa shape index (κ2) is 6.88. The second-order valence-electron chi connectivity index (χ2n) is 6.87. The Hall–Kier alpha value is -2.34. The van der Waals surface area contributed by atoms with E-state index in [1.165, 1.54) is 11.3 Å². The number of nitrogens with one attached hydrogen (secondary N) is 1. The quantitative estimate of drug-likeness (QED) is 0.898. The molecule has 2 aliphatic rings. The maximum absolute atomic E-state index is 12.4. The molecule has 0 bridgehead atoms. The van der Waals surface area contributed by atoms with E-state index in [1.54, 1.807) is 4.90 Å². The number of piperidine rings is 1. The number of carbonyl (C=O) groups excluding carboxylic acids is 1. The Labute approximate surface area is 147 Å². The van der Waals surface area contributed by atoms with Crippen LogP contribution in [0.1, 0.15) is 36.2 Å². The standard InChI is InChI=1S/C19H24N4O2/c24-15-8-5-11-22(13-15)19(25)20-12-17-16-9-4-10-18(16)23(21-17)14-6-2-1-3-7-14/h1-3,6-7,15,24H,4-5,8-13H2,(H,20,25). The first-order chi connectivity index (χ1) is 12.2. The number of amides is 2. The Morgan fingerprint density at radius 1 is 1.24 bits per heavy atom. The van der Waals surface area contributed by atoms with Crippen LogP contribution in [-0.2, 0) is 19.4 Å². The molecule has 1 unspecified atom stereocenters. The smallest absolute Gasteiger partial charge is 0.317 e. The summed E-state index contributed by atoms with van der Waals surface area (Å²) in [4.78, 5) is 14.1. The van der Waals surface area contributed by atoms with Crippen LogP contribution in [0.15, 0.2) is 30.3 Å². The van der Waals surface area contributed by atoms with Gasteiger partial charge in [0.2, 0.25) is 0 Å². The van der Waals surface area contributed by atoms with Crippen LogP contribution in [0.4, 0.5) is 4.79 Å². The fourth-order valence-electron chi connectivity index (χ4n) is 3.85.